The molecular weight excluding hydrogens is 217 g/mol. The quantitative estimate of drug-likeness (QED) is 0.791. The zero-order valence-electron chi connectivity index (χ0n) is 9.82. The third-order valence-electron chi connectivity index (χ3n) is 2.83. The van der Waals surface area contributed by atoms with Crippen molar-refractivity contribution in [3.63, 3.8) is 0 Å². The topological polar surface area (TPSA) is 15.3 Å². The molecule has 0 aliphatic carbocycles. The van der Waals surface area contributed by atoms with Gasteiger partial charge in [0, 0.05) is 12.6 Å². The van der Waals surface area contributed by atoms with Gasteiger partial charge in [-0.1, -0.05) is 13.3 Å². The Morgan fingerprint density at radius 2 is 2.06 bits per heavy atom. The fraction of sp³-hybridized carbons (Fsp3) is 1.00. The summed E-state index contributed by atoms with van der Waals surface area (Å²) in [4.78, 5) is 1.52. The Balaban J connectivity index is 2.36. The Morgan fingerprint density at radius 1 is 1.31 bits per heavy atom. The second kappa shape index (κ2) is 6.45. The van der Waals surface area contributed by atoms with Gasteiger partial charge in [-0.15, -0.1) is 0 Å². The van der Waals surface area contributed by atoms with Gasteiger partial charge in [0.05, 0.1) is 6.54 Å². The molecule has 1 N–H and O–H groups in total. The molecule has 0 aromatic rings. The minimum absolute atomic E-state index is 0.239. The maximum Gasteiger partial charge on any atom is 0.401 e. The summed E-state index contributed by atoms with van der Waals surface area (Å²) < 4.78 is 37.0. The van der Waals surface area contributed by atoms with Crippen molar-refractivity contribution in [2.45, 2.75) is 44.8 Å². The van der Waals surface area contributed by atoms with Crippen molar-refractivity contribution >= 4 is 0 Å². The van der Waals surface area contributed by atoms with Gasteiger partial charge in [-0.2, -0.15) is 13.2 Å². The van der Waals surface area contributed by atoms with Crippen LogP contribution in [0.5, 0.6) is 0 Å². The molecule has 96 valence electrons. The van der Waals surface area contributed by atoms with Crippen LogP contribution in [-0.2, 0) is 0 Å². The predicted octanol–water partition coefficient (Wildman–Crippen LogP) is 2.40. The lowest BCUT2D eigenvalue weighted by molar-refractivity contribution is -0.146. The van der Waals surface area contributed by atoms with Crippen molar-refractivity contribution in [3.8, 4) is 0 Å². The lowest BCUT2D eigenvalue weighted by Gasteiger charge is -2.30. The van der Waals surface area contributed by atoms with E-state index in [1.165, 1.54) is 4.90 Å². The summed E-state index contributed by atoms with van der Waals surface area (Å²) in [5, 5.41) is 3.28. The number of halogens is 3. The molecular formula is C11H21F3N2. The normalized spacial score (nSPS) is 22.7. The van der Waals surface area contributed by atoms with Crippen LogP contribution in [0.4, 0.5) is 13.2 Å². The highest BCUT2D eigenvalue weighted by Gasteiger charge is 2.31. The number of nitrogens with one attached hydrogen (secondary N) is 1. The van der Waals surface area contributed by atoms with E-state index in [0.29, 0.717) is 13.1 Å². The molecule has 1 rings (SSSR count). The minimum Gasteiger partial charge on any atom is -0.313 e. The first-order valence-corrected chi connectivity index (χ1v) is 6.04. The first-order chi connectivity index (χ1) is 7.51. The van der Waals surface area contributed by atoms with Crippen molar-refractivity contribution in [3.05, 3.63) is 0 Å². The van der Waals surface area contributed by atoms with Crippen LogP contribution in [0.25, 0.3) is 0 Å². The number of hydrogen-bond acceptors (Lipinski definition) is 2. The van der Waals surface area contributed by atoms with Crippen molar-refractivity contribution in [2.24, 2.45) is 0 Å². The minimum atomic E-state index is -4.08. The Kier molecular flexibility index (Phi) is 5.55. The Hall–Kier alpha value is -0.290. The first kappa shape index (κ1) is 13.8. The summed E-state index contributed by atoms with van der Waals surface area (Å²) in [6.07, 6.45) is -0.0437. The summed E-state index contributed by atoms with van der Waals surface area (Å²) in [6.45, 7) is 3.12. The number of hydrogen-bond donors (Lipinski definition) is 1. The molecule has 0 saturated carbocycles. The van der Waals surface area contributed by atoms with Gasteiger partial charge in [0.1, 0.15) is 0 Å². The van der Waals surface area contributed by atoms with Gasteiger partial charge in [0.25, 0.3) is 0 Å². The molecule has 1 unspecified atom stereocenters. The zero-order valence-corrected chi connectivity index (χ0v) is 9.82. The van der Waals surface area contributed by atoms with E-state index in [9.17, 15) is 13.2 Å². The van der Waals surface area contributed by atoms with E-state index in [4.69, 9.17) is 0 Å². The average molecular weight is 238 g/mol. The van der Waals surface area contributed by atoms with Crippen LogP contribution in [-0.4, -0.2) is 43.3 Å². The van der Waals surface area contributed by atoms with Crippen molar-refractivity contribution < 1.29 is 13.2 Å². The third-order valence-corrected chi connectivity index (χ3v) is 2.83. The number of nitrogens with zero attached hydrogens (tertiary/aromatic N) is 1. The summed E-state index contributed by atoms with van der Waals surface area (Å²) in [6, 6.07) is 0.239. The SMILES string of the molecule is CCCN(CC1CCCCN1)CC(F)(F)F. The maximum absolute atomic E-state index is 12.3. The molecule has 1 aliphatic heterocycles. The summed E-state index contributed by atoms with van der Waals surface area (Å²) in [5.74, 6) is 0. The monoisotopic (exact) mass is 238 g/mol. The van der Waals surface area contributed by atoms with E-state index < -0.39 is 12.7 Å². The molecule has 0 amide bonds. The van der Waals surface area contributed by atoms with E-state index in [-0.39, 0.29) is 6.04 Å². The molecule has 1 atom stereocenters. The lowest BCUT2D eigenvalue weighted by atomic mass is 10.0. The zero-order chi connectivity index (χ0) is 12.0. The highest BCUT2D eigenvalue weighted by molar-refractivity contribution is 4.77. The molecule has 1 saturated heterocycles. The van der Waals surface area contributed by atoms with Gasteiger partial charge >= 0.3 is 6.18 Å². The standard InChI is InChI=1S/C11H21F3N2/c1-2-7-16(9-11(12,13)14)8-10-5-3-4-6-15-10/h10,15H,2-9H2,1H3. The largest absolute Gasteiger partial charge is 0.401 e. The van der Waals surface area contributed by atoms with E-state index in [1.54, 1.807) is 0 Å². The Labute approximate surface area is 95.2 Å². The van der Waals surface area contributed by atoms with Crippen molar-refractivity contribution in [2.75, 3.05) is 26.2 Å². The van der Waals surface area contributed by atoms with Crippen LogP contribution < -0.4 is 5.32 Å². The second-order valence-corrected chi connectivity index (χ2v) is 4.50. The van der Waals surface area contributed by atoms with Crippen LogP contribution in [0.1, 0.15) is 32.6 Å². The predicted molar refractivity (Wildman–Crippen MR) is 58.4 cm³/mol. The molecule has 0 bridgehead atoms. The molecule has 0 aromatic carbocycles. The van der Waals surface area contributed by atoms with Gasteiger partial charge in [-0.25, -0.2) is 0 Å². The second-order valence-electron chi connectivity index (χ2n) is 4.50. The van der Waals surface area contributed by atoms with Gasteiger partial charge in [0.15, 0.2) is 0 Å². The van der Waals surface area contributed by atoms with Crippen LogP contribution >= 0.6 is 0 Å². The van der Waals surface area contributed by atoms with Gasteiger partial charge < -0.3 is 5.32 Å². The molecule has 0 radical (unpaired) electrons. The summed E-state index contributed by atoms with van der Waals surface area (Å²) in [5.41, 5.74) is 0. The molecule has 0 aromatic heterocycles. The third kappa shape index (κ3) is 5.70. The van der Waals surface area contributed by atoms with E-state index >= 15 is 0 Å². The number of rotatable bonds is 5. The van der Waals surface area contributed by atoms with Crippen LogP contribution in [0.15, 0.2) is 0 Å². The smallest absolute Gasteiger partial charge is 0.313 e. The number of piperidine rings is 1. The number of alkyl halides is 3. The van der Waals surface area contributed by atoms with Crippen molar-refractivity contribution in [1.29, 1.82) is 0 Å². The molecule has 2 nitrogen and oxygen atoms in total. The molecule has 1 fully saturated rings. The lowest BCUT2D eigenvalue weighted by Crippen LogP contribution is -2.46. The average Bonchev–Trinajstić information content (AvgIpc) is 2.17. The first-order valence-electron chi connectivity index (χ1n) is 6.04. The molecule has 5 heteroatoms. The van der Waals surface area contributed by atoms with Crippen LogP contribution in [0, 0.1) is 0 Å². The fourth-order valence-corrected chi connectivity index (χ4v) is 2.20. The van der Waals surface area contributed by atoms with Gasteiger partial charge in [-0.3, -0.25) is 4.90 Å². The van der Waals surface area contributed by atoms with E-state index in [1.807, 2.05) is 6.92 Å². The highest BCUT2D eigenvalue weighted by atomic mass is 19.4. The summed E-state index contributed by atoms with van der Waals surface area (Å²) >= 11 is 0. The van der Waals surface area contributed by atoms with Gasteiger partial charge in [-0.05, 0) is 32.4 Å². The van der Waals surface area contributed by atoms with Crippen molar-refractivity contribution in [1.82, 2.24) is 10.2 Å². The van der Waals surface area contributed by atoms with Gasteiger partial charge in [0.2, 0.25) is 0 Å². The molecule has 1 heterocycles. The highest BCUT2D eigenvalue weighted by Crippen LogP contribution is 2.18. The summed E-state index contributed by atoms with van der Waals surface area (Å²) in [7, 11) is 0. The van der Waals surface area contributed by atoms with Crippen LogP contribution in [0.2, 0.25) is 0 Å². The van der Waals surface area contributed by atoms with Crippen LogP contribution in [0.3, 0.4) is 0 Å². The Bertz CT molecular complexity index is 188. The maximum atomic E-state index is 12.3. The molecule has 0 spiro atoms. The van der Waals surface area contributed by atoms with E-state index in [2.05, 4.69) is 5.32 Å². The molecule has 16 heavy (non-hydrogen) atoms. The molecule has 1 aliphatic rings. The van der Waals surface area contributed by atoms with E-state index in [0.717, 1.165) is 32.2 Å². The Morgan fingerprint density at radius 3 is 2.56 bits per heavy atom. The fourth-order valence-electron chi connectivity index (χ4n) is 2.20.